The minimum absolute atomic E-state index is 0.00171. The molecule has 1 atom stereocenters. The van der Waals surface area contributed by atoms with Crippen molar-refractivity contribution in [3.05, 3.63) is 55.3 Å². The molecule has 10 heteroatoms. The van der Waals surface area contributed by atoms with Crippen LogP contribution in [0.1, 0.15) is 30.2 Å². The predicted molar refractivity (Wildman–Crippen MR) is 111 cm³/mol. The van der Waals surface area contributed by atoms with Gasteiger partial charge >= 0.3 is 5.97 Å². The smallest absolute Gasteiger partial charge is 0.343 e. The number of nitrogens with zero attached hydrogens (tertiary/aromatic N) is 2. The topological polar surface area (TPSA) is 126 Å². The Morgan fingerprint density at radius 1 is 1.22 bits per heavy atom. The van der Waals surface area contributed by atoms with Gasteiger partial charge in [0.05, 0.1) is 46.5 Å². The molecule has 0 fully saturated rings. The molecule has 3 aliphatic heterocycles. The molecule has 6 rings (SSSR count). The summed E-state index contributed by atoms with van der Waals surface area (Å²) in [5.41, 5.74) is 4.62. The first-order valence-electron chi connectivity index (χ1n) is 10.2. The lowest BCUT2D eigenvalue weighted by atomic mass is 9.85. The Hall–Kier alpha value is -3.66. The molecule has 3 aliphatic rings. The summed E-state index contributed by atoms with van der Waals surface area (Å²) in [6.07, 6.45) is 0.00171. The second kappa shape index (κ2) is 5.98. The zero-order valence-corrected chi connectivity index (χ0v) is 17.0. The number of nitrogen functional groups attached to an aromatic ring is 1. The number of carbonyl (C=O) groups is 1. The van der Waals surface area contributed by atoms with Gasteiger partial charge in [0.2, 0.25) is 0 Å². The number of fused-ring (bicyclic) bond motifs is 5. The number of rotatable bonds is 1. The number of hydrogen-bond donors (Lipinski definition) is 2. The second-order valence-corrected chi connectivity index (χ2v) is 8.25. The van der Waals surface area contributed by atoms with Gasteiger partial charge in [0, 0.05) is 5.56 Å². The van der Waals surface area contributed by atoms with Gasteiger partial charge in [-0.2, -0.15) is 0 Å². The number of esters is 1. The standard InChI is InChI=1S/C22H18FN3O6/c1-2-22(30)11-6-13-15-14(7-26(13)20(28)10(11)8-32-21(22)29)25-3-4-31-19-16(24)12(23)5-9(17(19)25)18(15)27/h5-6,30H,2-4,7-8,24H2,1H3/t22-/m0/s1. The van der Waals surface area contributed by atoms with Gasteiger partial charge in [-0.15, -0.1) is 0 Å². The van der Waals surface area contributed by atoms with E-state index in [1.807, 2.05) is 4.57 Å². The SMILES string of the molecule is CC[C@@]1(O)C(=O)OCc2c1cc1n(c2=O)Cc2c-1c(=O)c1cc(F)c(N)c3c1n2CCO3. The van der Waals surface area contributed by atoms with E-state index in [-0.39, 0.29) is 65.4 Å². The molecule has 5 heterocycles. The molecule has 0 aliphatic carbocycles. The molecule has 164 valence electrons. The van der Waals surface area contributed by atoms with Crippen LogP contribution < -0.4 is 21.5 Å². The van der Waals surface area contributed by atoms with Crippen molar-refractivity contribution in [2.75, 3.05) is 12.3 Å². The maximum absolute atomic E-state index is 14.5. The van der Waals surface area contributed by atoms with Gasteiger partial charge < -0.3 is 29.4 Å². The first-order valence-corrected chi connectivity index (χ1v) is 10.2. The number of hydrogen-bond acceptors (Lipinski definition) is 7. The average Bonchev–Trinajstić information content (AvgIpc) is 3.18. The van der Waals surface area contributed by atoms with E-state index < -0.39 is 28.4 Å². The van der Waals surface area contributed by atoms with Crippen LogP contribution in [0.2, 0.25) is 0 Å². The van der Waals surface area contributed by atoms with Crippen molar-refractivity contribution in [3.63, 3.8) is 0 Å². The zero-order chi connectivity index (χ0) is 22.5. The summed E-state index contributed by atoms with van der Waals surface area (Å²) in [7, 11) is 0. The molecule has 1 aromatic carbocycles. The number of aromatic nitrogens is 2. The van der Waals surface area contributed by atoms with Crippen molar-refractivity contribution in [2.24, 2.45) is 0 Å². The summed E-state index contributed by atoms with van der Waals surface area (Å²) >= 11 is 0. The van der Waals surface area contributed by atoms with Gasteiger partial charge in [-0.1, -0.05) is 6.92 Å². The summed E-state index contributed by atoms with van der Waals surface area (Å²) in [6, 6.07) is 2.60. The van der Waals surface area contributed by atoms with Crippen LogP contribution in [-0.2, 0) is 34.8 Å². The molecule has 0 radical (unpaired) electrons. The van der Waals surface area contributed by atoms with Crippen LogP contribution in [-0.4, -0.2) is 26.8 Å². The molecule has 0 amide bonds. The van der Waals surface area contributed by atoms with Gasteiger partial charge in [-0.05, 0) is 18.6 Å². The Kier molecular flexibility index (Phi) is 3.56. The van der Waals surface area contributed by atoms with E-state index in [0.717, 1.165) is 6.07 Å². The van der Waals surface area contributed by atoms with E-state index in [4.69, 9.17) is 15.2 Å². The van der Waals surface area contributed by atoms with Crippen molar-refractivity contribution in [1.82, 2.24) is 9.13 Å². The lowest BCUT2D eigenvalue weighted by molar-refractivity contribution is -0.172. The largest absolute Gasteiger partial charge is 0.487 e. The Labute approximate surface area is 179 Å². The van der Waals surface area contributed by atoms with Crippen LogP contribution in [0.4, 0.5) is 10.1 Å². The summed E-state index contributed by atoms with van der Waals surface area (Å²) in [5, 5.41) is 11.1. The van der Waals surface area contributed by atoms with Crippen molar-refractivity contribution < 1.29 is 23.8 Å². The van der Waals surface area contributed by atoms with Crippen molar-refractivity contribution in [1.29, 1.82) is 0 Å². The Morgan fingerprint density at radius 3 is 2.75 bits per heavy atom. The summed E-state index contributed by atoms with van der Waals surface area (Å²) in [5.74, 6) is -1.48. The number of pyridine rings is 2. The molecule has 2 aromatic heterocycles. The monoisotopic (exact) mass is 439 g/mol. The minimum atomic E-state index is -1.98. The van der Waals surface area contributed by atoms with Crippen molar-refractivity contribution in [3.8, 4) is 17.0 Å². The highest BCUT2D eigenvalue weighted by atomic mass is 19.1. The van der Waals surface area contributed by atoms with Crippen LogP contribution in [0.15, 0.2) is 21.7 Å². The molecule has 0 saturated carbocycles. The maximum Gasteiger partial charge on any atom is 0.343 e. The van der Waals surface area contributed by atoms with Crippen molar-refractivity contribution >= 4 is 22.6 Å². The lowest BCUT2D eigenvalue weighted by Crippen LogP contribution is -2.44. The predicted octanol–water partition coefficient (Wildman–Crippen LogP) is 0.960. The van der Waals surface area contributed by atoms with Gasteiger partial charge in [0.25, 0.3) is 5.56 Å². The minimum Gasteiger partial charge on any atom is -0.487 e. The number of aliphatic hydroxyl groups is 1. The third kappa shape index (κ3) is 2.07. The van der Waals surface area contributed by atoms with Gasteiger partial charge in [0.1, 0.15) is 18.9 Å². The molecule has 3 N–H and O–H groups in total. The van der Waals surface area contributed by atoms with Crippen LogP contribution in [0.3, 0.4) is 0 Å². The first-order chi connectivity index (χ1) is 15.3. The number of nitrogens with two attached hydrogens (primary N) is 1. The van der Waals surface area contributed by atoms with E-state index >= 15 is 0 Å². The second-order valence-electron chi connectivity index (χ2n) is 8.25. The van der Waals surface area contributed by atoms with E-state index in [1.54, 1.807) is 6.92 Å². The highest BCUT2D eigenvalue weighted by Gasteiger charge is 2.45. The fraction of sp³-hybridized carbons (Fsp3) is 0.318. The highest BCUT2D eigenvalue weighted by Crippen LogP contribution is 2.41. The fourth-order valence-corrected chi connectivity index (χ4v) is 5.08. The zero-order valence-electron chi connectivity index (χ0n) is 17.0. The highest BCUT2D eigenvalue weighted by molar-refractivity contribution is 5.94. The lowest BCUT2D eigenvalue weighted by Gasteiger charge is -2.31. The fourth-order valence-electron chi connectivity index (χ4n) is 5.08. The Morgan fingerprint density at radius 2 is 2.00 bits per heavy atom. The summed E-state index contributed by atoms with van der Waals surface area (Å²) < 4.78 is 28.4. The molecule has 0 unspecified atom stereocenters. The third-order valence-electron chi connectivity index (χ3n) is 6.77. The van der Waals surface area contributed by atoms with Crippen molar-refractivity contribution in [2.45, 2.75) is 38.6 Å². The van der Waals surface area contributed by atoms with Gasteiger partial charge in [-0.25, -0.2) is 9.18 Å². The quantitative estimate of drug-likeness (QED) is 0.334. The van der Waals surface area contributed by atoms with Crippen LogP contribution in [0.5, 0.6) is 5.75 Å². The van der Waals surface area contributed by atoms with E-state index in [9.17, 15) is 23.9 Å². The molecule has 9 nitrogen and oxygen atoms in total. The molecule has 0 bridgehead atoms. The molecule has 32 heavy (non-hydrogen) atoms. The van der Waals surface area contributed by atoms with E-state index in [0.29, 0.717) is 17.8 Å². The van der Waals surface area contributed by atoms with Crippen LogP contribution in [0, 0.1) is 5.82 Å². The molecular formula is C22H18FN3O6. The number of halogens is 1. The Balaban J connectivity index is 1.74. The van der Waals surface area contributed by atoms with Crippen LogP contribution in [0.25, 0.3) is 22.2 Å². The Bertz CT molecular complexity index is 1520. The molecule has 3 aromatic rings. The number of cyclic esters (lactones) is 1. The van der Waals surface area contributed by atoms with E-state index in [2.05, 4.69) is 0 Å². The number of ether oxygens (including phenoxy) is 2. The van der Waals surface area contributed by atoms with Crippen LogP contribution >= 0.6 is 0 Å². The first kappa shape index (κ1) is 19.1. The number of anilines is 1. The normalized spacial score (nSPS) is 20.4. The molecular weight excluding hydrogens is 421 g/mol. The van der Waals surface area contributed by atoms with Gasteiger partial charge in [-0.3, -0.25) is 9.59 Å². The summed E-state index contributed by atoms with van der Waals surface area (Å²) in [4.78, 5) is 39.2. The number of carbonyl (C=O) groups excluding carboxylic acids is 1. The third-order valence-corrected chi connectivity index (χ3v) is 6.77. The average molecular weight is 439 g/mol. The summed E-state index contributed by atoms with van der Waals surface area (Å²) in [6.45, 7) is 2.08. The molecule has 0 spiro atoms. The molecule has 0 saturated heterocycles. The van der Waals surface area contributed by atoms with Gasteiger partial charge in [0.15, 0.2) is 22.6 Å². The number of benzene rings is 1. The maximum atomic E-state index is 14.5. The van der Waals surface area contributed by atoms with E-state index in [1.165, 1.54) is 10.6 Å².